The summed E-state index contributed by atoms with van der Waals surface area (Å²) in [6, 6.07) is 0.580. The van der Waals surface area contributed by atoms with Crippen LogP contribution in [-0.2, 0) is 0 Å². The van der Waals surface area contributed by atoms with E-state index in [1.165, 1.54) is 44.9 Å². The number of nitrogens with one attached hydrogen (secondary N) is 2. The highest BCUT2D eigenvalue weighted by molar-refractivity contribution is 4.69. The molecule has 0 aliphatic carbocycles. The maximum Gasteiger partial charge on any atom is 0.0664 e. The summed E-state index contributed by atoms with van der Waals surface area (Å²) < 4.78 is 0. The Hall–Kier alpha value is -0.160. The fraction of sp³-hybridized carbons (Fsp3) is 1.00. The average molecular weight is 316 g/mol. The molecule has 0 saturated carbocycles. The van der Waals surface area contributed by atoms with E-state index in [0.29, 0.717) is 12.6 Å². The van der Waals surface area contributed by atoms with Crippen LogP contribution < -0.4 is 16.4 Å². The first-order valence-corrected chi connectivity index (χ1v) is 9.44. The van der Waals surface area contributed by atoms with E-state index in [4.69, 9.17) is 5.73 Å². The van der Waals surface area contributed by atoms with Gasteiger partial charge in [-0.1, -0.05) is 58.3 Å². The lowest BCUT2D eigenvalue weighted by molar-refractivity contribution is 0.157. The molecule has 3 atom stereocenters. The van der Waals surface area contributed by atoms with E-state index >= 15 is 0 Å². The number of unbranched alkanes of at least 4 members (excludes halogenated alkanes) is 7. The van der Waals surface area contributed by atoms with E-state index < -0.39 is 0 Å². The molecule has 0 aliphatic rings. The van der Waals surface area contributed by atoms with Crippen molar-refractivity contribution in [1.82, 2.24) is 10.6 Å². The van der Waals surface area contributed by atoms with E-state index in [0.717, 1.165) is 25.9 Å². The Morgan fingerprint density at radius 1 is 0.864 bits per heavy atom. The minimum Gasteiger partial charge on any atom is -0.392 e. The summed E-state index contributed by atoms with van der Waals surface area (Å²) in [5, 5.41) is 16.6. The summed E-state index contributed by atoms with van der Waals surface area (Å²) in [6.45, 7) is 8.80. The monoisotopic (exact) mass is 315 g/mol. The Kier molecular flexibility index (Phi) is 15.6. The van der Waals surface area contributed by atoms with Gasteiger partial charge < -0.3 is 21.5 Å². The first-order valence-electron chi connectivity index (χ1n) is 9.44. The number of aliphatic hydroxyl groups excluding tert-OH is 1. The first kappa shape index (κ1) is 21.8. The smallest absolute Gasteiger partial charge is 0.0664 e. The van der Waals surface area contributed by atoms with Crippen molar-refractivity contribution in [1.29, 1.82) is 0 Å². The van der Waals surface area contributed by atoms with Crippen LogP contribution in [0.15, 0.2) is 0 Å². The predicted molar refractivity (Wildman–Crippen MR) is 97.2 cm³/mol. The van der Waals surface area contributed by atoms with Crippen LogP contribution in [0.1, 0.15) is 78.6 Å². The van der Waals surface area contributed by atoms with E-state index in [1.807, 2.05) is 6.92 Å². The van der Waals surface area contributed by atoms with Crippen LogP contribution in [-0.4, -0.2) is 42.9 Å². The third-order valence-corrected chi connectivity index (χ3v) is 4.01. The van der Waals surface area contributed by atoms with E-state index in [9.17, 15) is 5.11 Å². The van der Waals surface area contributed by atoms with Crippen molar-refractivity contribution >= 4 is 0 Å². The quantitative estimate of drug-likeness (QED) is 0.331. The minimum absolute atomic E-state index is 0.190. The second kappa shape index (κ2) is 15.7. The molecule has 0 saturated heterocycles. The molecule has 4 nitrogen and oxygen atoms in total. The van der Waals surface area contributed by atoms with Gasteiger partial charge in [0.15, 0.2) is 0 Å². The third-order valence-electron chi connectivity index (χ3n) is 4.01. The summed E-state index contributed by atoms with van der Waals surface area (Å²) in [4.78, 5) is 0. The maximum atomic E-state index is 9.95. The summed E-state index contributed by atoms with van der Waals surface area (Å²) in [5.74, 6) is 0. The van der Waals surface area contributed by atoms with Gasteiger partial charge in [0.2, 0.25) is 0 Å². The molecule has 0 amide bonds. The molecule has 0 fully saturated rings. The maximum absolute atomic E-state index is 9.95. The van der Waals surface area contributed by atoms with Crippen LogP contribution in [0.5, 0.6) is 0 Å². The lowest BCUT2D eigenvalue weighted by Crippen LogP contribution is -2.43. The van der Waals surface area contributed by atoms with Gasteiger partial charge in [-0.05, 0) is 20.3 Å². The molecule has 134 valence electrons. The van der Waals surface area contributed by atoms with E-state index in [2.05, 4.69) is 24.5 Å². The van der Waals surface area contributed by atoms with Crippen molar-refractivity contribution in [3.8, 4) is 0 Å². The van der Waals surface area contributed by atoms with Crippen LogP contribution in [0.4, 0.5) is 0 Å². The van der Waals surface area contributed by atoms with Crippen LogP contribution in [0.25, 0.3) is 0 Å². The lowest BCUT2D eigenvalue weighted by Gasteiger charge is -2.18. The highest BCUT2D eigenvalue weighted by Gasteiger charge is 2.06. The van der Waals surface area contributed by atoms with Crippen LogP contribution in [0.2, 0.25) is 0 Å². The molecular formula is C18H41N3O. The molecule has 0 aromatic carbocycles. The molecule has 0 rings (SSSR count). The van der Waals surface area contributed by atoms with Gasteiger partial charge >= 0.3 is 0 Å². The summed E-state index contributed by atoms with van der Waals surface area (Å²) in [6.07, 6.45) is 11.3. The number of hydrogen-bond donors (Lipinski definition) is 4. The molecule has 0 aromatic heterocycles. The summed E-state index contributed by atoms with van der Waals surface area (Å²) in [7, 11) is 0. The topological polar surface area (TPSA) is 70.3 Å². The van der Waals surface area contributed by atoms with E-state index in [-0.39, 0.29) is 12.1 Å². The molecule has 0 spiro atoms. The van der Waals surface area contributed by atoms with Gasteiger partial charge in [-0.25, -0.2) is 0 Å². The SMILES string of the molecule is CCCCCCCCCCC(O)CNCC(C)NCC(C)N. The van der Waals surface area contributed by atoms with Crippen molar-refractivity contribution in [3.63, 3.8) is 0 Å². The van der Waals surface area contributed by atoms with E-state index in [1.54, 1.807) is 0 Å². The molecule has 0 bridgehead atoms. The zero-order valence-corrected chi connectivity index (χ0v) is 15.2. The molecule has 5 N–H and O–H groups in total. The standard InChI is InChI=1S/C18H41N3O/c1-4-5-6-7-8-9-10-11-12-18(22)15-20-14-17(3)21-13-16(2)19/h16-18,20-22H,4-15,19H2,1-3H3. The second-order valence-electron chi connectivity index (χ2n) is 6.86. The fourth-order valence-electron chi connectivity index (χ4n) is 2.54. The fourth-order valence-corrected chi connectivity index (χ4v) is 2.54. The molecule has 0 aliphatic heterocycles. The lowest BCUT2D eigenvalue weighted by atomic mass is 10.1. The van der Waals surface area contributed by atoms with Gasteiger partial charge in [-0.15, -0.1) is 0 Å². The molecule has 3 unspecified atom stereocenters. The Morgan fingerprint density at radius 3 is 2.05 bits per heavy atom. The Balaban J connectivity index is 3.30. The largest absolute Gasteiger partial charge is 0.392 e. The highest BCUT2D eigenvalue weighted by Crippen LogP contribution is 2.10. The number of rotatable bonds is 16. The molecule has 0 radical (unpaired) electrons. The number of hydrogen-bond acceptors (Lipinski definition) is 4. The van der Waals surface area contributed by atoms with Crippen LogP contribution in [0.3, 0.4) is 0 Å². The second-order valence-corrected chi connectivity index (χ2v) is 6.86. The zero-order valence-electron chi connectivity index (χ0n) is 15.2. The molecule has 22 heavy (non-hydrogen) atoms. The Bertz CT molecular complexity index is 224. The number of nitrogens with two attached hydrogens (primary N) is 1. The van der Waals surface area contributed by atoms with Gasteiger partial charge in [0.1, 0.15) is 0 Å². The summed E-state index contributed by atoms with van der Waals surface area (Å²) >= 11 is 0. The first-order chi connectivity index (χ1) is 10.6. The average Bonchev–Trinajstić information content (AvgIpc) is 2.48. The zero-order chi connectivity index (χ0) is 16.6. The van der Waals surface area contributed by atoms with Gasteiger partial charge in [-0.2, -0.15) is 0 Å². The minimum atomic E-state index is -0.208. The van der Waals surface area contributed by atoms with Crippen molar-refractivity contribution in [2.45, 2.75) is 96.7 Å². The van der Waals surface area contributed by atoms with Gasteiger partial charge in [0.25, 0.3) is 0 Å². The van der Waals surface area contributed by atoms with Gasteiger partial charge in [0, 0.05) is 31.7 Å². The molecule has 0 aromatic rings. The van der Waals surface area contributed by atoms with Crippen LogP contribution in [0, 0.1) is 0 Å². The summed E-state index contributed by atoms with van der Waals surface area (Å²) in [5.41, 5.74) is 5.71. The van der Waals surface area contributed by atoms with Crippen molar-refractivity contribution in [3.05, 3.63) is 0 Å². The van der Waals surface area contributed by atoms with Crippen LogP contribution >= 0.6 is 0 Å². The molecule has 4 heteroatoms. The van der Waals surface area contributed by atoms with Gasteiger partial charge in [-0.3, -0.25) is 0 Å². The van der Waals surface area contributed by atoms with Crippen molar-refractivity contribution < 1.29 is 5.11 Å². The normalized spacial score (nSPS) is 15.7. The number of aliphatic hydroxyl groups is 1. The Morgan fingerprint density at radius 2 is 1.45 bits per heavy atom. The Labute approximate surface area is 138 Å². The molecule has 0 heterocycles. The predicted octanol–water partition coefficient (Wildman–Crippen LogP) is 2.79. The highest BCUT2D eigenvalue weighted by atomic mass is 16.3. The molecular weight excluding hydrogens is 274 g/mol. The van der Waals surface area contributed by atoms with Gasteiger partial charge in [0.05, 0.1) is 6.10 Å². The third kappa shape index (κ3) is 16.2. The van der Waals surface area contributed by atoms with Crippen molar-refractivity contribution in [2.24, 2.45) is 5.73 Å². The van der Waals surface area contributed by atoms with Crippen molar-refractivity contribution in [2.75, 3.05) is 19.6 Å².